The van der Waals surface area contributed by atoms with Crippen LogP contribution in [0.2, 0.25) is 10.0 Å². The maximum atomic E-state index is 13.3. The molecule has 0 aliphatic rings. The molecule has 2 aromatic carbocycles. The molecule has 2 rings (SSSR count). The second-order valence-corrected chi connectivity index (χ2v) is 8.27. The second-order valence-electron chi connectivity index (χ2n) is 5.52. The summed E-state index contributed by atoms with van der Waals surface area (Å²) in [5.74, 6) is -0.634. The molecule has 0 saturated heterocycles. The third-order valence-corrected chi connectivity index (χ3v) is 5.07. The number of hydrogen-bond donors (Lipinski definition) is 1. The molecule has 146 valence electrons. The van der Waals surface area contributed by atoms with E-state index in [1.807, 2.05) is 0 Å². The van der Waals surface area contributed by atoms with E-state index in [2.05, 4.69) is 5.32 Å². The van der Waals surface area contributed by atoms with Gasteiger partial charge in [0.05, 0.1) is 23.5 Å². The monoisotopic (exact) mass is 434 g/mol. The lowest BCUT2D eigenvalue weighted by Crippen LogP contribution is -2.41. The standard InChI is InChI=1S/C17H17Cl2FN2O4S/c1-27(24,25)22(13-4-7-16(20)15(19)10-13)11-17(23)21-8-9-26-14-5-2-12(18)3-6-14/h2-7,10H,8-9,11H2,1H3,(H,21,23). The molecule has 1 N–H and O–H groups in total. The zero-order valence-corrected chi connectivity index (χ0v) is 16.6. The number of hydrogen-bond acceptors (Lipinski definition) is 4. The highest BCUT2D eigenvalue weighted by Gasteiger charge is 2.21. The fourth-order valence-corrected chi connectivity index (χ4v) is 3.27. The van der Waals surface area contributed by atoms with E-state index in [0.717, 1.165) is 22.7 Å². The first-order valence-corrected chi connectivity index (χ1v) is 10.3. The molecule has 0 atom stereocenters. The number of nitrogens with zero attached hydrogens (tertiary/aromatic N) is 1. The molecule has 27 heavy (non-hydrogen) atoms. The average molecular weight is 435 g/mol. The van der Waals surface area contributed by atoms with Gasteiger partial charge in [0.25, 0.3) is 0 Å². The predicted octanol–water partition coefficient (Wildman–Crippen LogP) is 3.09. The molecule has 0 aliphatic carbocycles. The van der Waals surface area contributed by atoms with Gasteiger partial charge in [0.2, 0.25) is 15.9 Å². The molecule has 0 aliphatic heterocycles. The van der Waals surface area contributed by atoms with Gasteiger partial charge in [-0.25, -0.2) is 12.8 Å². The SMILES string of the molecule is CS(=O)(=O)N(CC(=O)NCCOc1ccc(Cl)cc1)c1ccc(F)c(Cl)c1. The number of anilines is 1. The minimum atomic E-state index is -3.77. The van der Waals surface area contributed by atoms with Crippen LogP contribution in [0.25, 0.3) is 0 Å². The van der Waals surface area contributed by atoms with Gasteiger partial charge in [-0.05, 0) is 42.5 Å². The number of benzene rings is 2. The molecule has 0 fully saturated rings. The number of nitrogens with one attached hydrogen (secondary N) is 1. The molecule has 2 aromatic rings. The molecule has 0 spiro atoms. The number of amides is 1. The van der Waals surface area contributed by atoms with Gasteiger partial charge >= 0.3 is 0 Å². The topological polar surface area (TPSA) is 75.7 Å². The maximum Gasteiger partial charge on any atom is 0.240 e. The number of rotatable bonds is 8. The molecule has 0 radical (unpaired) electrons. The van der Waals surface area contributed by atoms with Crippen LogP contribution in [0.1, 0.15) is 0 Å². The summed E-state index contributed by atoms with van der Waals surface area (Å²) in [4.78, 5) is 12.1. The van der Waals surface area contributed by atoms with Gasteiger partial charge in [0.15, 0.2) is 0 Å². The molecular formula is C17H17Cl2FN2O4S. The Bertz CT molecular complexity index is 908. The summed E-state index contributed by atoms with van der Waals surface area (Å²) in [5.41, 5.74) is 0.0939. The molecule has 0 saturated carbocycles. The quantitative estimate of drug-likeness (QED) is 0.647. The molecule has 6 nitrogen and oxygen atoms in total. The fraction of sp³-hybridized carbons (Fsp3) is 0.235. The predicted molar refractivity (Wildman–Crippen MR) is 104 cm³/mol. The van der Waals surface area contributed by atoms with E-state index in [9.17, 15) is 17.6 Å². The second kappa shape index (κ2) is 9.25. The minimum Gasteiger partial charge on any atom is -0.492 e. The van der Waals surface area contributed by atoms with Gasteiger partial charge in [-0.3, -0.25) is 9.10 Å². The first-order valence-electron chi connectivity index (χ1n) is 7.74. The van der Waals surface area contributed by atoms with E-state index in [1.54, 1.807) is 24.3 Å². The largest absolute Gasteiger partial charge is 0.492 e. The Morgan fingerprint density at radius 2 is 1.85 bits per heavy atom. The third-order valence-electron chi connectivity index (χ3n) is 3.39. The third kappa shape index (κ3) is 6.57. The van der Waals surface area contributed by atoms with Crippen LogP contribution in [-0.4, -0.2) is 40.3 Å². The van der Waals surface area contributed by atoms with Crippen molar-refractivity contribution in [3.8, 4) is 5.75 Å². The summed E-state index contributed by atoms with van der Waals surface area (Å²) in [6, 6.07) is 10.1. The van der Waals surface area contributed by atoms with Crippen molar-refractivity contribution in [1.82, 2.24) is 5.32 Å². The van der Waals surface area contributed by atoms with Gasteiger partial charge in [-0.2, -0.15) is 0 Å². The highest BCUT2D eigenvalue weighted by molar-refractivity contribution is 7.92. The van der Waals surface area contributed by atoms with E-state index in [4.69, 9.17) is 27.9 Å². The summed E-state index contributed by atoms with van der Waals surface area (Å²) in [5, 5.41) is 2.90. The number of sulfonamides is 1. The summed E-state index contributed by atoms with van der Waals surface area (Å²) in [6.07, 6.45) is 0.946. The zero-order valence-electron chi connectivity index (χ0n) is 14.3. The van der Waals surface area contributed by atoms with Crippen LogP contribution in [-0.2, 0) is 14.8 Å². The molecule has 0 bridgehead atoms. The summed E-state index contributed by atoms with van der Waals surface area (Å²) >= 11 is 11.5. The van der Waals surface area contributed by atoms with E-state index in [0.29, 0.717) is 10.8 Å². The van der Waals surface area contributed by atoms with Crippen LogP contribution in [0.15, 0.2) is 42.5 Å². The van der Waals surface area contributed by atoms with E-state index in [-0.39, 0.29) is 23.9 Å². The summed E-state index contributed by atoms with van der Waals surface area (Å²) in [7, 11) is -3.77. The molecule has 10 heteroatoms. The lowest BCUT2D eigenvalue weighted by atomic mass is 10.3. The first kappa shape index (κ1) is 21.3. The van der Waals surface area contributed by atoms with Gasteiger partial charge in [-0.1, -0.05) is 23.2 Å². The highest BCUT2D eigenvalue weighted by Crippen LogP contribution is 2.24. The van der Waals surface area contributed by atoms with E-state index < -0.39 is 28.3 Å². The first-order chi connectivity index (χ1) is 12.7. The normalized spacial score (nSPS) is 11.1. The molecule has 0 unspecified atom stereocenters. The van der Waals surface area contributed by atoms with Crippen LogP contribution < -0.4 is 14.4 Å². The van der Waals surface area contributed by atoms with Gasteiger partial charge in [0.1, 0.15) is 24.7 Å². The van der Waals surface area contributed by atoms with Crippen molar-refractivity contribution in [3.05, 3.63) is 58.3 Å². The Hall–Kier alpha value is -2.03. The average Bonchev–Trinajstić information content (AvgIpc) is 2.60. The molecule has 0 aromatic heterocycles. The van der Waals surface area contributed by atoms with Crippen LogP contribution in [0.4, 0.5) is 10.1 Å². The number of carbonyl (C=O) groups is 1. The lowest BCUT2D eigenvalue weighted by molar-refractivity contribution is -0.119. The highest BCUT2D eigenvalue weighted by atomic mass is 35.5. The van der Waals surface area contributed by atoms with Crippen LogP contribution in [0, 0.1) is 5.82 Å². The number of ether oxygens (including phenoxy) is 1. The number of carbonyl (C=O) groups excluding carboxylic acids is 1. The minimum absolute atomic E-state index is 0.0939. The van der Waals surface area contributed by atoms with Crippen molar-refractivity contribution in [1.29, 1.82) is 0 Å². The Labute approximate surface area is 166 Å². The molecule has 0 heterocycles. The van der Waals surface area contributed by atoms with Crippen LogP contribution in [0.5, 0.6) is 5.75 Å². The Kier molecular flexibility index (Phi) is 7.29. The van der Waals surface area contributed by atoms with E-state index >= 15 is 0 Å². The van der Waals surface area contributed by atoms with Crippen LogP contribution in [0.3, 0.4) is 0 Å². The van der Waals surface area contributed by atoms with Crippen molar-refractivity contribution in [2.45, 2.75) is 0 Å². The van der Waals surface area contributed by atoms with Crippen LogP contribution >= 0.6 is 23.2 Å². The van der Waals surface area contributed by atoms with Crippen molar-refractivity contribution in [3.63, 3.8) is 0 Å². The zero-order chi connectivity index (χ0) is 20.0. The Morgan fingerprint density at radius 1 is 1.19 bits per heavy atom. The lowest BCUT2D eigenvalue weighted by Gasteiger charge is -2.22. The Morgan fingerprint density at radius 3 is 2.44 bits per heavy atom. The summed E-state index contributed by atoms with van der Waals surface area (Å²) in [6.45, 7) is -0.112. The molecule has 1 amide bonds. The van der Waals surface area contributed by atoms with Gasteiger partial charge in [0, 0.05) is 5.02 Å². The van der Waals surface area contributed by atoms with Crippen molar-refractivity contribution in [2.24, 2.45) is 0 Å². The van der Waals surface area contributed by atoms with Crippen molar-refractivity contribution >= 4 is 44.8 Å². The summed E-state index contributed by atoms with van der Waals surface area (Å²) < 4.78 is 43.5. The maximum absolute atomic E-state index is 13.3. The van der Waals surface area contributed by atoms with Crippen molar-refractivity contribution < 1.29 is 22.3 Å². The fourth-order valence-electron chi connectivity index (χ4n) is 2.12. The number of halogens is 3. The van der Waals surface area contributed by atoms with E-state index in [1.165, 1.54) is 6.07 Å². The van der Waals surface area contributed by atoms with Gasteiger partial charge in [-0.15, -0.1) is 0 Å². The van der Waals surface area contributed by atoms with Gasteiger partial charge < -0.3 is 10.1 Å². The smallest absolute Gasteiger partial charge is 0.240 e. The Balaban J connectivity index is 1.92. The molecular weight excluding hydrogens is 418 g/mol. The van der Waals surface area contributed by atoms with Crippen molar-refractivity contribution in [2.75, 3.05) is 30.3 Å².